The van der Waals surface area contributed by atoms with Crippen LogP contribution in [0, 0.1) is 0 Å². The molecule has 0 aliphatic heterocycles. The number of ether oxygens (including phenoxy) is 1. The summed E-state index contributed by atoms with van der Waals surface area (Å²) in [4.78, 5) is 18.3. The first kappa shape index (κ1) is 14.4. The topological polar surface area (TPSA) is 72.3 Å². The highest BCUT2D eigenvalue weighted by atomic mass is 16.5. The fraction of sp³-hybridized carbons (Fsp3) is 0.615. The van der Waals surface area contributed by atoms with Crippen molar-refractivity contribution in [3.63, 3.8) is 0 Å². The Morgan fingerprint density at radius 3 is 2.72 bits per heavy atom. The highest BCUT2D eigenvalue weighted by Gasteiger charge is 2.06. The van der Waals surface area contributed by atoms with Gasteiger partial charge in [-0.15, -0.1) is 0 Å². The maximum Gasteiger partial charge on any atom is 0.354 e. The molecule has 0 amide bonds. The third-order valence-electron chi connectivity index (χ3n) is 2.58. The van der Waals surface area contributed by atoms with Crippen LogP contribution in [0.2, 0.25) is 0 Å². The van der Waals surface area contributed by atoms with Crippen molar-refractivity contribution in [1.29, 1.82) is 0 Å². The fourth-order valence-electron chi connectivity index (χ4n) is 1.58. The van der Waals surface area contributed by atoms with Gasteiger partial charge in [-0.1, -0.05) is 39.0 Å². The molecule has 0 aliphatic rings. The summed E-state index contributed by atoms with van der Waals surface area (Å²) in [5.74, 6) is -1.07. The molecule has 0 atom stereocenters. The monoisotopic (exact) mass is 252 g/mol. The Labute approximate surface area is 107 Å². The van der Waals surface area contributed by atoms with Gasteiger partial charge in [-0.25, -0.2) is 9.78 Å². The normalized spacial score (nSPS) is 10.3. The van der Waals surface area contributed by atoms with Crippen molar-refractivity contribution in [2.24, 2.45) is 0 Å². The Hall–Kier alpha value is -1.65. The molecule has 100 valence electrons. The molecule has 1 rings (SSSR count). The van der Waals surface area contributed by atoms with Crippen molar-refractivity contribution >= 4 is 5.97 Å². The Morgan fingerprint density at radius 1 is 1.28 bits per heavy atom. The van der Waals surface area contributed by atoms with Crippen molar-refractivity contribution in [3.05, 3.63) is 18.0 Å². The van der Waals surface area contributed by atoms with E-state index < -0.39 is 5.97 Å². The quantitative estimate of drug-likeness (QED) is 0.684. The van der Waals surface area contributed by atoms with Gasteiger partial charge in [0.25, 0.3) is 0 Å². The van der Waals surface area contributed by atoms with Gasteiger partial charge in [-0.05, 0) is 12.5 Å². The SMILES string of the molecule is CCCCCCCCOc1nccc(C(=O)O)n1. The number of hydrogen-bond acceptors (Lipinski definition) is 4. The molecule has 0 fully saturated rings. The molecule has 1 N–H and O–H groups in total. The number of aromatic nitrogens is 2. The van der Waals surface area contributed by atoms with E-state index in [0.717, 1.165) is 12.8 Å². The van der Waals surface area contributed by atoms with E-state index in [1.807, 2.05) is 0 Å². The van der Waals surface area contributed by atoms with Crippen molar-refractivity contribution < 1.29 is 14.6 Å². The Bertz CT molecular complexity index is 369. The van der Waals surface area contributed by atoms with Crippen LogP contribution in [0.4, 0.5) is 0 Å². The van der Waals surface area contributed by atoms with Crippen LogP contribution in [-0.4, -0.2) is 27.7 Å². The molecule has 5 nitrogen and oxygen atoms in total. The predicted octanol–water partition coefficient (Wildman–Crippen LogP) is 2.91. The standard InChI is InChI=1S/C13H20N2O3/c1-2-3-4-5-6-7-10-18-13-14-9-8-11(15-13)12(16)17/h8-9H,2-7,10H2,1H3,(H,16,17). The van der Waals surface area contributed by atoms with Crippen LogP contribution < -0.4 is 4.74 Å². The molecule has 0 saturated heterocycles. The number of hydrogen-bond donors (Lipinski definition) is 1. The summed E-state index contributed by atoms with van der Waals surface area (Å²) in [7, 11) is 0. The maximum absolute atomic E-state index is 10.7. The second-order valence-corrected chi connectivity index (χ2v) is 4.15. The number of carbonyl (C=O) groups is 1. The van der Waals surface area contributed by atoms with E-state index in [2.05, 4.69) is 16.9 Å². The summed E-state index contributed by atoms with van der Waals surface area (Å²) in [6.07, 6.45) is 8.47. The highest BCUT2D eigenvalue weighted by molar-refractivity contribution is 5.85. The number of carboxylic acids is 1. The summed E-state index contributed by atoms with van der Waals surface area (Å²) in [6.45, 7) is 2.73. The molecule has 1 aromatic heterocycles. The number of unbranched alkanes of at least 4 members (excludes halogenated alkanes) is 5. The lowest BCUT2D eigenvalue weighted by atomic mass is 10.1. The van der Waals surface area contributed by atoms with Crippen LogP contribution in [0.1, 0.15) is 55.9 Å². The van der Waals surface area contributed by atoms with Crippen LogP contribution in [-0.2, 0) is 0 Å². The Kier molecular flexibility index (Phi) is 6.76. The minimum atomic E-state index is -1.07. The zero-order chi connectivity index (χ0) is 13.2. The van der Waals surface area contributed by atoms with E-state index in [1.165, 1.54) is 37.9 Å². The number of aromatic carboxylic acids is 1. The van der Waals surface area contributed by atoms with Crippen molar-refractivity contribution in [1.82, 2.24) is 9.97 Å². The van der Waals surface area contributed by atoms with Gasteiger partial charge in [0.15, 0.2) is 5.69 Å². The van der Waals surface area contributed by atoms with Gasteiger partial charge in [0.1, 0.15) is 0 Å². The van der Waals surface area contributed by atoms with Gasteiger partial charge in [0.05, 0.1) is 6.61 Å². The predicted molar refractivity (Wildman–Crippen MR) is 67.9 cm³/mol. The first-order valence-corrected chi connectivity index (χ1v) is 6.43. The van der Waals surface area contributed by atoms with Crippen LogP contribution in [0.3, 0.4) is 0 Å². The Balaban J connectivity index is 2.19. The molecular formula is C13H20N2O3. The van der Waals surface area contributed by atoms with E-state index in [1.54, 1.807) is 0 Å². The highest BCUT2D eigenvalue weighted by Crippen LogP contribution is 2.07. The van der Waals surface area contributed by atoms with E-state index >= 15 is 0 Å². The number of carboxylic acid groups (broad SMARTS) is 1. The molecule has 0 spiro atoms. The smallest absolute Gasteiger partial charge is 0.354 e. The molecule has 0 unspecified atom stereocenters. The summed E-state index contributed by atoms with van der Waals surface area (Å²) in [5.41, 5.74) is -0.0389. The number of nitrogens with zero attached hydrogens (tertiary/aromatic N) is 2. The molecule has 0 aliphatic carbocycles. The lowest BCUT2D eigenvalue weighted by Gasteiger charge is -2.04. The fourth-order valence-corrected chi connectivity index (χ4v) is 1.58. The van der Waals surface area contributed by atoms with Crippen molar-refractivity contribution in [2.45, 2.75) is 45.4 Å². The van der Waals surface area contributed by atoms with Crippen molar-refractivity contribution in [2.75, 3.05) is 6.61 Å². The van der Waals surface area contributed by atoms with Crippen molar-refractivity contribution in [3.8, 4) is 6.01 Å². The average molecular weight is 252 g/mol. The van der Waals surface area contributed by atoms with E-state index in [9.17, 15) is 4.79 Å². The van der Waals surface area contributed by atoms with Crippen LogP contribution in [0.15, 0.2) is 12.3 Å². The van der Waals surface area contributed by atoms with Crippen LogP contribution in [0.25, 0.3) is 0 Å². The van der Waals surface area contributed by atoms with Gasteiger partial charge in [0.2, 0.25) is 0 Å². The summed E-state index contributed by atoms with van der Waals surface area (Å²) >= 11 is 0. The first-order valence-electron chi connectivity index (χ1n) is 6.43. The zero-order valence-electron chi connectivity index (χ0n) is 10.8. The third-order valence-corrected chi connectivity index (χ3v) is 2.58. The molecular weight excluding hydrogens is 232 g/mol. The van der Waals surface area contributed by atoms with Gasteiger partial charge >= 0.3 is 12.0 Å². The molecule has 5 heteroatoms. The van der Waals surface area contributed by atoms with Crippen LogP contribution in [0.5, 0.6) is 6.01 Å². The average Bonchev–Trinajstić information content (AvgIpc) is 2.38. The number of rotatable bonds is 9. The molecule has 0 bridgehead atoms. The van der Waals surface area contributed by atoms with E-state index in [-0.39, 0.29) is 11.7 Å². The minimum Gasteiger partial charge on any atom is -0.477 e. The lowest BCUT2D eigenvalue weighted by molar-refractivity contribution is 0.0688. The second-order valence-electron chi connectivity index (χ2n) is 4.15. The first-order chi connectivity index (χ1) is 8.74. The lowest BCUT2D eigenvalue weighted by Crippen LogP contribution is -2.05. The van der Waals surface area contributed by atoms with Crippen LogP contribution >= 0.6 is 0 Å². The summed E-state index contributed by atoms with van der Waals surface area (Å²) < 4.78 is 5.32. The van der Waals surface area contributed by atoms with Gasteiger partial charge in [-0.3, -0.25) is 0 Å². The minimum absolute atomic E-state index is 0.0389. The van der Waals surface area contributed by atoms with Gasteiger partial charge in [-0.2, -0.15) is 4.98 Å². The molecule has 0 radical (unpaired) electrons. The molecule has 18 heavy (non-hydrogen) atoms. The molecule has 1 heterocycles. The van der Waals surface area contributed by atoms with E-state index in [4.69, 9.17) is 9.84 Å². The molecule has 1 aromatic rings. The van der Waals surface area contributed by atoms with E-state index in [0.29, 0.717) is 6.61 Å². The maximum atomic E-state index is 10.7. The summed E-state index contributed by atoms with van der Waals surface area (Å²) in [5, 5.41) is 8.76. The molecule has 0 aromatic carbocycles. The Morgan fingerprint density at radius 2 is 2.00 bits per heavy atom. The third kappa shape index (κ3) is 5.61. The van der Waals surface area contributed by atoms with Gasteiger partial charge in [0, 0.05) is 6.20 Å². The molecule has 0 saturated carbocycles. The second kappa shape index (κ2) is 8.44. The summed E-state index contributed by atoms with van der Waals surface area (Å²) in [6, 6.07) is 1.49. The largest absolute Gasteiger partial charge is 0.477 e. The zero-order valence-corrected chi connectivity index (χ0v) is 10.8. The van der Waals surface area contributed by atoms with Gasteiger partial charge < -0.3 is 9.84 Å².